The van der Waals surface area contributed by atoms with Crippen molar-refractivity contribution in [1.82, 2.24) is 4.90 Å². The van der Waals surface area contributed by atoms with E-state index in [4.69, 9.17) is 0 Å². The van der Waals surface area contributed by atoms with E-state index in [2.05, 4.69) is 48.0 Å². The molecule has 5 fully saturated rings. The van der Waals surface area contributed by atoms with Crippen LogP contribution in [0.5, 0.6) is 0 Å². The van der Waals surface area contributed by atoms with Gasteiger partial charge in [-0.05, 0) is 36.8 Å². The third-order valence-electron chi connectivity index (χ3n) is 8.46. The molecule has 1 aromatic carbocycles. The lowest BCUT2D eigenvalue weighted by atomic mass is 9.62. The summed E-state index contributed by atoms with van der Waals surface area (Å²) in [6.07, 6.45) is 2.56. The van der Waals surface area contributed by atoms with E-state index in [9.17, 15) is 10.2 Å². The van der Waals surface area contributed by atoms with Crippen LogP contribution in [-0.2, 0) is 5.41 Å². The van der Waals surface area contributed by atoms with Crippen molar-refractivity contribution in [3.05, 3.63) is 29.8 Å². The molecule has 4 saturated heterocycles. The number of piperidine rings is 4. The Labute approximate surface area is 143 Å². The van der Waals surface area contributed by atoms with Gasteiger partial charge in [0.15, 0.2) is 0 Å². The van der Waals surface area contributed by atoms with Crippen LogP contribution in [0.1, 0.15) is 31.7 Å². The van der Waals surface area contributed by atoms with Crippen LogP contribution < -0.4 is 4.90 Å². The number of fused-ring (bicyclic) bond motifs is 2. The van der Waals surface area contributed by atoms with Gasteiger partial charge in [-0.25, -0.2) is 0 Å². The fourth-order valence-corrected chi connectivity index (χ4v) is 7.88. The average molecular weight is 326 g/mol. The summed E-state index contributed by atoms with van der Waals surface area (Å²) in [5, 5.41) is 22.6. The number of rotatable bonds is 1. The smallest absolute Gasteiger partial charge is 0.111 e. The molecule has 1 aromatic rings. The molecule has 24 heavy (non-hydrogen) atoms. The molecule has 5 bridgehead atoms. The fraction of sp³-hybridized carbons (Fsp3) is 0.700. The summed E-state index contributed by atoms with van der Waals surface area (Å²) in [4.78, 5) is 4.83. The van der Waals surface area contributed by atoms with Crippen LogP contribution in [0.2, 0.25) is 0 Å². The van der Waals surface area contributed by atoms with Crippen LogP contribution in [0.25, 0.3) is 0 Å². The summed E-state index contributed by atoms with van der Waals surface area (Å²) < 4.78 is 0. The van der Waals surface area contributed by atoms with Gasteiger partial charge in [0, 0.05) is 42.1 Å². The Morgan fingerprint density at radius 1 is 1.21 bits per heavy atom. The number of hydrogen-bond donors (Lipinski definition) is 2. The van der Waals surface area contributed by atoms with Crippen molar-refractivity contribution in [2.24, 2.45) is 17.8 Å². The Morgan fingerprint density at radius 3 is 2.79 bits per heavy atom. The number of benzene rings is 1. The molecular weight excluding hydrogens is 300 g/mol. The first-order valence-corrected chi connectivity index (χ1v) is 9.57. The van der Waals surface area contributed by atoms with E-state index < -0.39 is 0 Å². The number of anilines is 1. The van der Waals surface area contributed by atoms with Gasteiger partial charge in [0.1, 0.15) is 6.23 Å². The SMILES string of the molecule is CC[C@H]1[C@H]2C[C@H]3[C@@H]4N(C)c5ccccc5[C@]45C[C@@H]([C@H]2[C@H]5O)N3[C@H]1O. The van der Waals surface area contributed by atoms with Crippen LogP contribution >= 0.6 is 0 Å². The Hall–Kier alpha value is -1.10. The number of para-hydroxylation sites is 1. The number of aliphatic hydroxyl groups excluding tert-OH is 2. The summed E-state index contributed by atoms with van der Waals surface area (Å²) in [7, 11) is 2.19. The molecule has 0 aromatic heterocycles. The lowest BCUT2D eigenvalue weighted by molar-refractivity contribution is -0.211. The maximum absolute atomic E-state index is 11.6. The molecule has 5 aliphatic heterocycles. The third kappa shape index (κ3) is 1.20. The predicted octanol–water partition coefficient (Wildman–Crippen LogP) is 1.55. The Morgan fingerprint density at radius 2 is 2.00 bits per heavy atom. The Bertz CT molecular complexity index is 723. The van der Waals surface area contributed by atoms with Crippen molar-refractivity contribution < 1.29 is 10.2 Å². The molecule has 1 spiro atoms. The monoisotopic (exact) mass is 326 g/mol. The van der Waals surface area contributed by atoms with E-state index in [1.54, 1.807) is 0 Å². The zero-order chi connectivity index (χ0) is 16.4. The zero-order valence-corrected chi connectivity index (χ0v) is 14.3. The summed E-state index contributed by atoms with van der Waals surface area (Å²) in [5.41, 5.74) is 2.51. The van der Waals surface area contributed by atoms with E-state index in [-0.39, 0.29) is 17.7 Å². The quantitative estimate of drug-likeness (QED) is 0.822. The highest BCUT2D eigenvalue weighted by Gasteiger charge is 2.76. The number of nitrogens with zero attached hydrogens (tertiary/aromatic N) is 2. The normalized spacial score (nSPS) is 55.8. The van der Waals surface area contributed by atoms with Gasteiger partial charge in [-0.2, -0.15) is 0 Å². The predicted molar refractivity (Wildman–Crippen MR) is 91.7 cm³/mol. The van der Waals surface area contributed by atoms with Gasteiger partial charge in [-0.1, -0.05) is 25.1 Å². The molecule has 1 saturated carbocycles. The van der Waals surface area contributed by atoms with Crippen molar-refractivity contribution in [3.8, 4) is 0 Å². The minimum atomic E-state index is -0.319. The van der Waals surface area contributed by atoms with E-state index in [0.29, 0.717) is 35.9 Å². The molecule has 10 atom stereocenters. The molecule has 0 radical (unpaired) electrons. The molecule has 1 aliphatic carbocycles. The lowest BCUT2D eigenvalue weighted by Gasteiger charge is -2.62. The first-order chi connectivity index (χ1) is 11.6. The van der Waals surface area contributed by atoms with E-state index in [1.165, 1.54) is 11.3 Å². The second kappa shape index (κ2) is 4.17. The van der Waals surface area contributed by atoms with Crippen molar-refractivity contribution in [2.45, 2.75) is 62.1 Å². The molecular formula is C20H26N2O2. The van der Waals surface area contributed by atoms with Crippen molar-refractivity contribution in [2.75, 3.05) is 11.9 Å². The van der Waals surface area contributed by atoms with Crippen LogP contribution in [-0.4, -0.2) is 52.6 Å². The topological polar surface area (TPSA) is 46.9 Å². The van der Waals surface area contributed by atoms with Crippen LogP contribution in [0, 0.1) is 17.8 Å². The van der Waals surface area contributed by atoms with E-state index in [1.807, 2.05) is 0 Å². The molecule has 1 unspecified atom stereocenters. The van der Waals surface area contributed by atoms with Crippen LogP contribution in [0.4, 0.5) is 5.69 Å². The molecule has 2 N–H and O–H groups in total. The van der Waals surface area contributed by atoms with E-state index >= 15 is 0 Å². The minimum Gasteiger partial charge on any atom is -0.392 e. The fourth-order valence-electron chi connectivity index (χ4n) is 7.88. The van der Waals surface area contributed by atoms with Gasteiger partial charge < -0.3 is 15.1 Å². The highest BCUT2D eigenvalue weighted by Crippen LogP contribution is 2.68. The maximum atomic E-state index is 11.6. The van der Waals surface area contributed by atoms with Crippen LogP contribution in [0.15, 0.2) is 24.3 Å². The average Bonchev–Trinajstić information content (AvgIpc) is 2.97. The second-order valence-electron chi connectivity index (χ2n) is 8.81. The molecule has 4 nitrogen and oxygen atoms in total. The summed E-state index contributed by atoms with van der Waals surface area (Å²) >= 11 is 0. The highest BCUT2D eigenvalue weighted by atomic mass is 16.3. The summed E-state index contributed by atoms with van der Waals surface area (Å²) in [5.74, 6) is 1.14. The largest absolute Gasteiger partial charge is 0.392 e. The molecule has 6 aliphatic rings. The molecule has 5 heterocycles. The van der Waals surface area contributed by atoms with Crippen molar-refractivity contribution >= 4 is 5.69 Å². The van der Waals surface area contributed by atoms with Gasteiger partial charge in [-0.15, -0.1) is 0 Å². The maximum Gasteiger partial charge on any atom is 0.111 e. The van der Waals surface area contributed by atoms with Gasteiger partial charge >= 0.3 is 0 Å². The first kappa shape index (κ1) is 14.1. The van der Waals surface area contributed by atoms with Gasteiger partial charge in [0.2, 0.25) is 0 Å². The number of aliphatic hydroxyl groups is 2. The lowest BCUT2D eigenvalue weighted by Crippen LogP contribution is -2.72. The van der Waals surface area contributed by atoms with E-state index in [0.717, 1.165) is 19.3 Å². The van der Waals surface area contributed by atoms with Crippen molar-refractivity contribution in [1.29, 1.82) is 0 Å². The second-order valence-corrected chi connectivity index (χ2v) is 8.81. The highest BCUT2D eigenvalue weighted by molar-refractivity contribution is 5.67. The Kier molecular flexibility index (Phi) is 2.45. The van der Waals surface area contributed by atoms with Crippen molar-refractivity contribution in [3.63, 3.8) is 0 Å². The van der Waals surface area contributed by atoms with Crippen LogP contribution in [0.3, 0.4) is 0 Å². The summed E-state index contributed by atoms with van der Waals surface area (Å²) in [6.45, 7) is 2.19. The standard InChI is InChI=1S/C20H26N2O2/c1-3-10-11-8-14-17-20(12-6-4-5-7-13(12)21(17)2)9-15(16(11)18(20)23)22(14)19(10)24/h4-7,10-11,14-19,23-24H,3,8-9H2,1-2H3/t10-,11+,14-,15-,16-,17-,18+,19-,20+/m0/s1. The number of likely N-dealkylation sites (N-methyl/N-ethyl adjacent to an activating group) is 1. The third-order valence-corrected chi connectivity index (χ3v) is 8.46. The van der Waals surface area contributed by atoms with Gasteiger partial charge in [0.05, 0.1) is 12.1 Å². The Balaban J connectivity index is 1.60. The molecule has 7 rings (SSSR count). The molecule has 0 amide bonds. The molecule has 128 valence electrons. The van der Waals surface area contributed by atoms with Gasteiger partial charge in [-0.3, -0.25) is 4.90 Å². The summed E-state index contributed by atoms with van der Waals surface area (Å²) in [6, 6.07) is 9.70. The minimum absolute atomic E-state index is 0.126. The first-order valence-electron chi connectivity index (χ1n) is 9.57. The zero-order valence-electron chi connectivity index (χ0n) is 14.3. The number of hydrogen-bond acceptors (Lipinski definition) is 4. The molecule has 4 heteroatoms. The van der Waals surface area contributed by atoms with Gasteiger partial charge in [0.25, 0.3) is 0 Å².